The van der Waals surface area contributed by atoms with Gasteiger partial charge in [-0.2, -0.15) is 0 Å². The molecule has 1 aliphatic rings. The summed E-state index contributed by atoms with van der Waals surface area (Å²) < 4.78 is 5.81. The Morgan fingerprint density at radius 3 is 3.19 bits per heavy atom. The van der Waals surface area contributed by atoms with E-state index in [-0.39, 0.29) is 6.10 Å². The van der Waals surface area contributed by atoms with Gasteiger partial charge in [-0.1, -0.05) is 25.1 Å². The number of aliphatic hydroxyl groups excluding tert-OH is 1. The Labute approximate surface area is 125 Å². The highest BCUT2D eigenvalue weighted by molar-refractivity contribution is 5.85. The lowest BCUT2D eigenvalue weighted by Gasteiger charge is -2.35. The molecular formula is C17H22N2O2. The van der Waals surface area contributed by atoms with Gasteiger partial charge in [0.1, 0.15) is 12.2 Å². The van der Waals surface area contributed by atoms with Gasteiger partial charge in [0.05, 0.1) is 6.61 Å². The van der Waals surface area contributed by atoms with Gasteiger partial charge in [-0.15, -0.1) is 0 Å². The molecule has 0 saturated carbocycles. The van der Waals surface area contributed by atoms with E-state index in [4.69, 9.17) is 4.74 Å². The van der Waals surface area contributed by atoms with Gasteiger partial charge in [0.15, 0.2) is 0 Å². The molecule has 1 fully saturated rings. The highest BCUT2D eigenvalue weighted by Gasteiger charge is 2.28. The summed E-state index contributed by atoms with van der Waals surface area (Å²) in [6.07, 6.45) is 3.94. The van der Waals surface area contributed by atoms with Crippen molar-refractivity contribution in [1.29, 1.82) is 0 Å². The van der Waals surface area contributed by atoms with Crippen LogP contribution in [0.5, 0.6) is 0 Å². The van der Waals surface area contributed by atoms with Crippen molar-refractivity contribution >= 4 is 10.8 Å². The average Bonchev–Trinajstić information content (AvgIpc) is 2.54. The Kier molecular flexibility index (Phi) is 4.48. The maximum atomic E-state index is 10.7. The van der Waals surface area contributed by atoms with E-state index in [1.54, 1.807) is 6.20 Å². The molecule has 2 aromatic rings. The monoisotopic (exact) mass is 286 g/mol. The number of morpholine rings is 1. The first-order valence-corrected chi connectivity index (χ1v) is 7.64. The number of hydrogen-bond donors (Lipinski definition) is 1. The summed E-state index contributed by atoms with van der Waals surface area (Å²) in [4.78, 5) is 6.54. The summed E-state index contributed by atoms with van der Waals surface area (Å²) in [5.41, 5.74) is 0.906. The standard InChI is InChI=1S/C17H22N2O2/c1-2-8-19-9-10-21-16(12-19)17(20)14-5-3-4-13-6-7-18-11-15(13)14/h3-7,11,16-17,20H,2,8-10,12H2,1H3. The van der Waals surface area contributed by atoms with Gasteiger partial charge in [-0.25, -0.2) is 0 Å². The molecule has 0 spiro atoms. The topological polar surface area (TPSA) is 45.6 Å². The number of pyridine rings is 1. The molecule has 112 valence electrons. The third kappa shape index (κ3) is 3.07. The van der Waals surface area contributed by atoms with Crippen molar-refractivity contribution in [1.82, 2.24) is 9.88 Å². The molecule has 0 aliphatic carbocycles. The first kappa shape index (κ1) is 14.4. The molecule has 2 atom stereocenters. The highest BCUT2D eigenvalue weighted by atomic mass is 16.5. The van der Waals surface area contributed by atoms with Gasteiger partial charge in [-0.05, 0) is 30.0 Å². The molecule has 2 heterocycles. The van der Waals surface area contributed by atoms with Crippen LogP contribution >= 0.6 is 0 Å². The second-order valence-electron chi connectivity index (χ2n) is 5.60. The normalized spacial score (nSPS) is 21.5. The average molecular weight is 286 g/mol. The van der Waals surface area contributed by atoms with Crippen molar-refractivity contribution in [3.8, 4) is 0 Å². The van der Waals surface area contributed by atoms with Crippen LogP contribution in [-0.4, -0.2) is 47.3 Å². The second kappa shape index (κ2) is 6.52. The van der Waals surface area contributed by atoms with E-state index in [0.717, 1.165) is 42.4 Å². The van der Waals surface area contributed by atoms with Gasteiger partial charge in [0.25, 0.3) is 0 Å². The Hall–Kier alpha value is -1.49. The molecule has 4 nitrogen and oxygen atoms in total. The van der Waals surface area contributed by atoms with E-state index in [1.807, 2.05) is 30.5 Å². The third-order valence-corrected chi connectivity index (χ3v) is 4.11. The van der Waals surface area contributed by atoms with Gasteiger partial charge in [-0.3, -0.25) is 9.88 Å². The van der Waals surface area contributed by atoms with Crippen molar-refractivity contribution in [2.45, 2.75) is 25.6 Å². The van der Waals surface area contributed by atoms with Crippen LogP contribution in [0.25, 0.3) is 10.8 Å². The van der Waals surface area contributed by atoms with Gasteiger partial charge in [0.2, 0.25) is 0 Å². The zero-order valence-electron chi connectivity index (χ0n) is 12.4. The van der Waals surface area contributed by atoms with E-state index in [1.165, 1.54) is 0 Å². The molecule has 1 aliphatic heterocycles. The van der Waals surface area contributed by atoms with Crippen molar-refractivity contribution in [3.63, 3.8) is 0 Å². The summed E-state index contributed by atoms with van der Waals surface area (Å²) >= 11 is 0. The summed E-state index contributed by atoms with van der Waals surface area (Å²) in [5.74, 6) is 0. The summed E-state index contributed by atoms with van der Waals surface area (Å²) in [6.45, 7) is 5.66. The maximum Gasteiger partial charge on any atom is 0.107 e. The molecule has 3 rings (SSSR count). The van der Waals surface area contributed by atoms with Crippen LogP contribution < -0.4 is 0 Å². The Balaban J connectivity index is 1.84. The van der Waals surface area contributed by atoms with Crippen LogP contribution in [0.1, 0.15) is 25.0 Å². The summed E-state index contributed by atoms with van der Waals surface area (Å²) in [5, 5.41) is 12.9. The fourth-order valence-electron chi connectivity index (χ4n) is 3.04. The lowest BCUT2D eigenvalue weighted by Crippen LogP contribution is -2.45. The maximum absolute atomic E-state index is 10.7. The van der Waals surface area contributed by atoms with Crippen molar-refractivity contribution in [2.24, 2.45) is 0 Å². The number of nitrogens with zero attached hydrogens (tertiary/aromatic N) is 2. The molecule has 1 N–H and O–H groups in total. The van der Waals surface area contributed by atoms with Crippen molar-refractivity contribution < 1.29 is 9.84 Å². The molecule has 0 amide bonds. The van der Waals surface area contributed by atoms with E-state index >= 15 is 0 Å². The third-order valence-electron chi connectivity index (χ3n) is 4.11. The minimum Gasteiger partial charge on any atom is -0.386 e. The lowest BCUT2D eigenvalue weighted by atomic mass is 9.98. The molecule has 1 aromatic heterocycles. The van der Waals surface area contributed by atoms with Crippen LogP contribution in [-0.2, 0) is 4.74 Å². The Morgan fingerprint density at radius 2 is 2.33 bits per heavy atom. The van der Waals surface area contributed by atoms with Crippen LogP contribution in [0.2, 0.25) is 0 Å². The summed E-state index contributed by atoms with van der Waals surface area (Å²) in [7, 11) is 0. The molecule has 21 heavy (non-hydrogen) atoms. The Bertz CT molecular complexity index is 595. The fraction of sp³-hybridized carbons (Fsp3) is 0.471. The van der Waals surface area contributed by atoms with E-state index in [9.17, 15) is 5.11 Å². The fourth-order valence-corrected chi connectivity index (χ4v) is 3.04. The van der Waals surface area contributed by atoms with Crippen LogP contribution in [0.3, 0.4) is 0 Å². The SMILES string of the molecule is CCCN1CCOC(C(O)c2cccc3ccncc23)C1. The largest absolute Gasteiger partial charge is 0.386 e. The van der Waals surface area contributed by atoms with Gasteiger partial charge < -0.3 is 9.84 Å². The minimum atomic E-state index is -0.613. The summed E-state index contributed by atoms with van der Waals surface area (Å²) in [6, 6.07) is 7.96. The number of ether oxygens (including phenoxy) is 1. The quantitative estimate of drug-likeness (QED) is 0.937. The predicted octanol–water partition coefficient (Wildman–Crippen LogP) is 2.38. The van der Waals surface area contributed by atoms with E-state index in [2.05, 4.69) is 16.8 Å². The Morgan fingerprint density at radius 1 is 1.43 bits per heavy atom. The number of fused-ring (bicyclic) bond motifs is 1. The second-order valence-corrected chi connectivity index (χ2v) is 5.60. The minimum absolute atomic E-state index is 0.170. The first-order valence-electron chi connectivity index (χ1n) is 7.64. The van der Waals surface area contributed by atoms with E-state index in [0.29, 0.717) is 6.61 Å². The molecule has 0 radical (unpaired) electrons. The molecule has 1 saturated heterocycles. The smallest absolute Gasteiger partial charge is 0.107 e. The van der Waals surface area contributed by atoms with Gasteiger partial charge >= 0.3 is 0 Å². The lowest BCUT2D eigenvalue weighted by molar-refractivity contribution is -0.0894. The highest BCUT2D eigenvalue weighted by Crippen LogP contribution is 2.28. The van der Waals surface area contributed by atoms with Crippen molar-refractivity contribution in [3.05, 3.63) is 42.2 Å². The zero-order valence-corrected chi connectivity index (χ0v) is 12.4. The number of aliphatic hydroxyl groups is 1. The van der Waals surface area contributed by atoms with Crippen LogP contribution in [0.15, 0.2) is 36.7 Å². The predicted molar refractivity (Wildman–Crippen MR) is 83.2 cm³/mol. The van der Waals surface area contributed by atoms with Gasteiger partial charge in [0, 0.05) is 30.9 Å². The van der Waals surface area contributed by atoms with Crippen LogP contribution in [0, 0.1) is 0 Å². The molecule has 0 bridgehead atoms. The number of rotatable bonds is 4. The molecule has 4 heteroatoms. The van der Waals surface area contributed by atoms with Crippen LogP contribution in [0.4, 0.5) is 0 Å². The number of hydrogen-bond acceptors (Lipinski definition) is 4. The zero-order chi connectivity index (χ0) is 14.7. The van der Waals surface area contributed by atoms with Crippen molar-refractivity contribution in [2.75, 3.05) is 26.2 Å². The van der Waals surface area contributed by atoms with E-state index < -0.39 is 6.10 Å². The number of benzene rings is 1. The first-order chi connectivity index (χ1) is 10.3. The number of aromatic nitrogens is 1. The molecule has 1 aromatic carbocycles. The molecular weight excluding hydrogens is 264 g/mol. The molecule has 2 unspecified atom stereocenters.